The van der Waals surface area contributed by atoms with Gasteiger partial charge in [-0.05, 0) is 32.7 Å². The molecule has 13 heavy (non-hydrogen) atoms. The van der Waals surface area contributed by atoms with Gasteiger partial charge in [0.05, 0.1) is 5.66 Å². The van der Waals surface area contributed by atoms with Gasteiger partial charge in [-0.2, -0.15) is 0 Å². The lowest BCUT2D eigenvalue weighted by Crippen LogP contribution is -2.59. The number of rotatable bonds is 0. The third kappa shape index (κ3) is 1.46. The highest BCUT2D eigenvalue weighted by Crippen LogP contribution is 2.30. The normalized spacial score (nSPS) is 39.8. The van der Waals surface area contributed by atoms with E-state index in [1.54, 1.807) is 0 Å². The summed E-state index contributed by atoms with van der Waals surface area (Å²) in [7, 11) is 2.10. The Bertz CT molecular complexity index is 232. The second-order valence-electron chi connectivity index (χ2n) is 4.38. The number of hydrogen-bond donors (Lipinski definition) is 2. The van der Waals surface area contributed by atoms with E-state index in [-0.39, 0.29) is 5.66 Å². The number of piperidine rings is 1. The summed E-state index contributed by atoms with van der Waals surface area (Å²) in [5, 5.41) is 3.52. The van der Waals surface area contributed by atoms with E-state index in [1.165, 1.54) is 12.1 Å². The van der Waals surface area contributed by atoms with Gasteiger partial charge in [0.1, 0.15) is 0 Å². The second kappa shape index (κ2) is 3.00. The monoisotopic (exact) mass is 181 g/mol. The predicted octanol–water partition coefficient (Wildman–Crippen LogP) is 0.633. The van der Waals surface area contributed by atoms with Crippen molar-refractivity contribution in [1.82, 2.24) is 10.2 Å². The zero-order chi connectivity index (χ0) is 9.47. The lowest BCUT2D eigenvalue weighted by atomic mass is 9.90. The minimum atomic E-state index is -0.151. The molecule has 1 fully saturated rings. The summed E-state index contributed by atoms with van der Waals surface area (Å²) in [5.41, 5.74) is 7.43. The Morgan fingerprint density at radius 3 is 3.23 bits per heavy atom. The summed E-state index contributed by atoms with van der Waals surface area (Å²) < 4.78 is 0. The maximum atomic E-state index is 6.19. The molecule has 0 amide bonds. The second-order valence-corrected chi connectivity index (χ2v) is 4.38. The molecule has 0 spiro atoms. The predicted molar refractivity (Wildman–Crippen MR) is 54.1 cm³/mol. The van der Waals surface area contributed by atoms with E-state index in [2.05, 4.69) is 30.3 Å². The van der Waals surface area contributed by atoms with Crippen molar-refractivity contribution < 1.29 is 0 Å². The summed E-state index contributed by atoms with van der Waals surface area (Å²) in [6, 6.07) is 0.551. The molecule has 0 radical (unpaired) electrons. The van der Waals surface area contributed by atoms with Crippen LogP contribution in [0, 0.1) is 0 Å². The molecule has 0 aromatic rings. The molecule has 0 bridgehead atoms. The molecule has 2 heterocycles. The molecule has 3 heteroatoms. The molecule has 0 aromatic heterocycles. The van der Waals surface area contributed by atoms with Crippen molar-refractivity contribution in [3.8, 4) is 0 Å². The van der Waals surface area contributed by atoms with Crippen molar-refractivity contribution in [3.05, 3.63) is 11.8 Å². The summed E-state index contributed by atoms with van der Waals surface area (Å²) in [6.07, 6.45) is 5.69. The molecule has 2 unspecified atom stereocenters. The van der Waals surface area contributed by atoms with Crippen LogP contribution in [0.5, 0.6) is 0 Å². The fourth-order valence-corrected chi connectivity index (χ4v) is 2.24. The molecule has 2 aliphatic heterocycles. The molecule has 1 saturated heterocycles. The van der Waals surface area contributed by atoms with E-state index in [0.29, 0.717) is 6.04 Å². The molecular formula is C10H19N3. The summed E-state index contributed by atoms with van der Waals surface area (Å²) in [6.45, 7) is 3.22. The molecule has 2 atom stereocenters. The van der Waals surface area contributed by atoms with Crippen LogP contribution in [-0.2, 0) is 0 Å². The number of nitrogens with zero attached hydrogens (tertiary/aromatic N) is 1. The highest BCUT2D eigenvalue weighted by atomic mass is 15.3. The van der Waals surface area contributed by atoms with E-state index in [1.807, 2.05) is 0 Å². The smallest absolute Gasteiger partial charge is 0.0849 e. The number of hydrogen-bond acceptors (Lipinski definition) is 3. The van der Waals surface area contributed by atoms with Crippen molar-refractivity contribution in [2.45, 2.75) is 37.9 Å². The van der Waals surface area contributed by atoms with Crippen LogP contribution in [0.1, 0.15) is 26.2 Å². The summed E-state index contributed by atoms with van der Waals surface area (Å²) in [4.78, 5) is 2.23. The van der Waals surface area contributed by atoms with E-state index >= 15 is 0 Å². The van der Waals surface area contributed by atoms with Gasteiger partial charge in [-0.3, -0.25) is 0 Å². The highest BCUT2D eigenvalue weighted by molar-refractivity contribution is 5.18. The average molecular weight is 181 g/mol. The first kappa shape index (κ1) is 9.03. The Hall–Kier alpha value is -0.540. The Morgan fingerprint density at radius 1 is 1.69 bits per heavy atom. The summed E-state index contributed by atoms with van der Waals surface area (Å²) in [5.74, 6) is 0. The van der Waals surface area contributed by atoms with E-state index in [0.717, 1.165) is 19.4 Å². The first-order valence-corrected chi connectivity index (χ1v) is 5.07. The van der Waals surface area contributed by atoms with Crippen LogP contribution in [0.15, 0.2) is 11.8 Å². The zero-order valence-electron chi connectivity index (χ0n) is 8.51. The maximum absolute atomic E-state index is 6.19. The lowest BCUT2D eigenvalue weighted by Gasteiger charge is -2.47. The molecule has 0 saturated carbocycles. The standard InChI is InChI=1S/C10H19N3/c1-10(11)6-5-8-9(13(10)2)4-3-7-12-8/h4,8,12H,3,5-7,11H2,1-2H3. The molecule has 2 rings (SSSR count). The Morgan fingerprint density at radius 2 is 2.46 bits per heavy atom. The van der Waals surface area contributed by atoms with Crippen LogP contribution in [-0.4, -0.2) is 30.2 Å². The van der Waals surface area contributed by atoms with Crippen LogP contribution in [0.4, 0.5) is 0 Å². The van der Waals surface area contributed by atoms with Crippen LogP contribution < -0.4 is 11.1 Å². The molecule has 0 aliphatic carbocycles. The van der Waals surface area contributed by atoms with Gasteiger partial charge in [0.25, 0.3) is 0 Å². The number of likely N-dealkylation sites (tertiary alicyclic amines) is 1. The average Bonchev–Trinajstić information content (AvgIpc) is 2.13. The minimum absolute atomic E-state index is 0.151. The van der Waals surface area contributed by atoms with Crippen molar-refractivity contribution in [3.63, 3.8) is 0 Å². The fraction of sp³-hybridized carbons (Fsp3) is 0.800. The van der Waals surface area contributed by atoms with Gasteiger partial charge in [-0.1, -0.05) is 6.08 Å². The van der Waals surface area contributed by atoms with Crippen LogP contribution in [0.25, 0.3) is 0 Å². The first-order chi connectivity index (χ1) is 6.11. The Balaban J connectivity index is 2.23. The van der Waals surface area contributed by atoms with E-state index in [9.17, 15) is 0 Å². The highest BCUT2D eigenvalue weighted by Gasteiger charge is 2.35. The minimum Gasteiger partial charge on any atom is -0.359 e. The number of nitrogens with one attached hydrogen (secondary N) is 1. The maximum Gasteiger partial charge on any atom is 0.0849 e. The molecule has 2 aliphatic rings. The van der Waals surface area contributed by atoms with Crippen molar-refractivity contribution in [2.24, 2.45) is 5.73 Å². The molecule has 3 N–H and O–H groups in total. The van der Waals surface area contributed by atoms with Crippen LogP contribution in [0.3, 0.4) is 0 Å². The number of nitrogens with two attached hydrogens (primary N) is 1. The van der Waals surface area contributed by atoms with Gasteiger partial charge >= 0.3 is 0 Å². The van der Waals surface area contributed by atoms with E-state index < -0.39 is 0 Å². The van der Waals surface area contributed by atoms with Crippen molar-refractivity contribution in [1.29, 1.82) is 0 Å². The third-order valence-corrected chi connectivity index (χ3v) is 3.34. The number of fused-ring (bicyclic) bond motifs is 1. The zero-order valence-corrected chi connectivity index (χ0v) is 8.51. The summed E-state index contributed by atoms with van der Waals surface area (Å²) >= 11 is 0. The fourth-order valence-electron chi connectivity index (χ4n) is 2.24. The SMILES string of the molecule is CN1C2=CCCNC2CCC1(C)N. The van der Waals surface area contributed by atoms with Gasteiger partial charge in [-0.25, -0.2) is 0 Å². The van der Waals surface area contributed by atoms with Gasteiger partial charge in [0.15, 0.2) is 0 Å². The van der Waals surface area contributed by atoms with Crippen molar-refractivity contribution >= 4 is 0 Å². The van der Waals surface area contributed by atoms with Gasteiger partial charge < -0.3 is 16.0 Å². The third-order valence-electron chi connectivity index (χ3n) is 3.34. The van der Waals surface area contributed by atoms with Crippen LogP contribution >= 0.6 is 0 Å². The van der Waals surface area contributed by atoms with Gasteiger partial charge in [0, 0.05) is 18.8 Å². The Kier molecular flexibility index (Phi) is 2.08. The number of likely N-dealkylation sites (N-methyl/N-ethyl adjacent to an activating group) is 1. The molecule has 74 valence electrons. The topological polar surface area (TPSA) is 41.3 Å². The molecule has 0 aromatic carbocycles. The largest absolute Gasteiger partial charge is 0.359 e. The quantitative estimate of drug-likeness (QED) is 0.576. The van der Waals surface area contributed by atoms with Gasteiger partial charge in [0.2, 0.25) is 0 Å². The lowest BCUT2D eigenvalue weighted by molar-refractivity contribution is 0.116. The van der Waals surface area contributed by atoms with Gasteiger partial charge in [-0.15, -0.1) is 0 Å². The van der Waals surface area contributed by atoms with Crippen LogP contribution in [0.2, 0.25) is 0 Å². The van der Waals surface area contributed by atoms with Crippen molar-refractivity contribution in [2.75, 3.05) is 13.6 Å². The Labute approximate surface area is 80.0 Å². The van der Waals surface area contributed by atoms with E-state index in [4.69, 9.17) is 5.73 Å². The molecule has 3 nitrogen and oxygen atoms in total. The first-order valence-electron chi connectivity index (χ1n) is 5.07. The molecular weight excluding hydrogens is 162 g/mol.